The normalized spacial score (nSPS) is 51.8. The number of fused-ring (bicyclic) bond motifs is 4. The number of allylic oxidation sites excluding steroid dienone is 1. The first-order valence-electron chi connectivity index (χ1n) is 6.94. The standard InChI is InChI=1S/C15H18O4/c1-7-3-4-10-13(19-14(17)15(10)6-18-15)12-8(2)11(16)5-9(7)12/h9-13,16H,1-6H2/t9-,10+,11+,12-,13-,15-/m0/s1. The maximum Gasteiger partial charge on any atom is 0.341 e. The first kappa shape index (κ1) is 11.7. The highest BCUT2D eigenvalue weighted by molar-refractivity contribution is 5.85. The van der Waals surface area contributed by atoms with Gasteiger partial charge >= 0.3 is 5.97 Å². The van der Waals surface area contributed by atoms with Crippen LogP contribution in [0.25, 0.3) is 0 Å². The van der Waals surface area contributed by atoms with Crippen LogP contribution in [0, 0.1) is 17.8 Å². The van der Waals surface area contributed by atoms with Crippen LogP contribution in [-0.2, 0) is 14.3 Å². The van der Waals surface area contributed by atoms with Crippen LogP contribution in [0.15, 0.2) is 24.3 Å². The molecule has 19 heavy (non-hydrogen) atoms. The van der Waals surface area contributed by atoms with Crippen LogP contribution in [0.1, 0.15) is 19.3 Å². The minimum atomic E-state index is -0.687. The molecule has 2 saturated heterocycles. The summed E-state index contributed by atoms with van der Waals surface area (Å²) in [7, 11) is 0. The molecular formula is C15H18O4. The van der Waals surface area contributed by atoms with Gasteiger partial charge in [-0.15, -0.1) is 0 Å². The Labute approximate surface area is 112 Å². The van der Waals surface area contributed by atoms with Crippen LogP contribution in [-0.4, -0.2) is 35.5 Å². The van der Waals surface area contributed by atoms with E-state index in [-0.39, 0.29) is 29.8 Å². The Bertz CT molecular complexity index is 490. The molecule has 0 aromatic carbocycles. The third-order valence-electron chi connectivity index (χ3n) is 5.46. The van der Waals surface area contributed by atoms with Crippen molar-refractivity contribution in [2.75, 3.05) is 6.61 Å². The molecule has 0 aromatic rings. The van der Waals surface area contributed by atoms with Crippen molar-refractivity contribution in [1.29, 1.82) is 0 Å². The summed E-state index contributed by atoms with van der Waals surface area (Å²) in [5.41, 5.74) is 1.27. The molecule has 4 fully saturated rings. The fourth-order valence-corrected chi connectivity index (χ4v) is 4.26. The molecule has 4 rings (SSSR count). The Kier molecular flexibility index (Phi) is 2.15. The van der Waals surface area contributed by atoms with E-state index in [2.05, 4.69) is 13.2 Å². The molecule has 4 nitrogen and oxygen atoms in total. The molecule has 6 atom stereocenters. The number of carbonyl (C=O) groups excluding carboxylic acids is 1. The lowest BCUT2D eigenvalue weighted by Crippen LogP contribution is -2.33. The van der Waals surface area contributed by atoms with E-state index in [1.165, 1.54) is 0 Å². The molecule has 2 heterocycles. The number of rotatable bonds is 0. The molecule has 102 valence electrons. The van der Waals surface area contributed by atoms with E-state index in [4.69, 9.17) is 9.47 Å². The van der Waals surface area contributed by atoms with Gasteiger partial charge in [0, 0.05) is 11.8 Å². The molecule has 2 aliphatic heterocycles. The number of epoxide rings is 1. The molecule has 4 aliphatic rings. The zero-order valence-corrected chi connectivity index (χ0v) is 10.8. The molecule has 0 unspecified atom stereocenters. The maximum absolute atomic E-state index is 12.0. The largest absolute Gasteiger partial charge is 0.459 e. The van der Waals surface area contributed by atoms with Crippen molar-refractivity contribution in [3.63, 3.8) is 0 Å². The first-order chi connectivity index (χ1) is 9.04. The number of carbonyl (C=O) groups is 1. The summed E-state index contributed by atoms with van der Waals surface area (Å²) in [6.07, 6.45) is 1.73. The number of hydrogen-bond donors (Lipinski definition) is 1. The fourth-order valence-electron chi connectivity index (χ4n) is 4.26. The van der Waals surface area contributed by atoms with E-state index < -0.39 is 11.7 Å². The van der Waals surface area contributed by atoms with Gasteiger partial charge in [-0.1, -0.05) is 18.7 Å². The highest BCUT2D eigenvalue weighted by Gasteiger charge is 2.69. The number of hydrogen-bond acceptors (Lipinski definition) is 4. The average Bonchev–Trinajstić information content (AvgIpc) is 3.07. The average molecular weight is 262 g/mol. The Morgan fingerprint density at radius 1 is 1.37 bits per heavy atom. The van der Waals surface area contributed by atoms with Gasteiger partial charge in [-0.05, 0) is 30.8 Å². The number of aliphatic hydroxyl groups is 1. The summed E-state index contributed by atoms with van der Waals surface area (Å²) in [6.45, 7) is 8.67. The van der Waals surface area contributed by atoms with Crippen LogP contribution in [0.5, 0.6) is 0 Å². The molecule has 2 saturated carbocycles. The predicted octanol–water partition coefficient (Wildman–Crippen LogP) is 1.20. The van der Waals surface area contributed by atoms with E-state index in [0.29, 0.717) is 13.0 Å². The van der Waals surface area contributed by atoms with Crippen LogP contribution in [0.2, 0.25) is 0 Å². The van der Waals surface area contributed by atoms with E-state index in [9.17, 15) is 9.90 Å². The number of ether oxygens (including phenoxy) is 2. The Morgan fingerprint density at radius 2 is 2.11 bits per heavy atom. The number of esters is 1. The highest BCUT2D eigenvalue weighted by Crippen LogP contribution is 2.57. The van der Waals surface area contributed by atoms with Crippen molar-refractivity contribution < 1.29 is 19.4 Å². The molecule has 1 N–H and O–H groups in total. The van der Waals surface area contributed by atoms with Crippen molar-refractivity contribution in [2.24, 2.45) is 17.8 Å². The topological polar surface area (TPSA) is 59.1 Å². The van der Waals surface area contributed by atoms with Gasteiger partial charge < -0.3 is 14.6 Å². The van der Waals surface area contributed by atoms with Gasteiger partial charge in [-0.3, -0.25) is 0 Å². The zero-order valence-electron chi connectivity index (χ0n) is 10.8. The first-order valence-corrected chi connectivity index (χ1v) is 6.94. The molecular weight excluding hydrogens is 244 g/mol. The lowest BCUT2D eigenvalue weighted by atomic mass is 9.79. The van der Waals surface area contributed by atoms with E-state index in [1.807, 2.05) is 0 Å². The van der Waals surface area contributed by atoms with Crippen molar-refractivity contribution in [3.8, 4) is 0 Å². The van der Waals surface area contributed by atoms with Gasteiger partial charge in [0.1, 0.15) is 6.10 Å². The summed E-state index contributed by atoms with van der Waals surface area (Å²) < 4.78 is 11.1. The lowest BCUT2D eigenvalue weighted by molar-refractivity contribution is -0.146. The van der Waals surface area contributed by atoms with Crippen LogP contribution < -0.4 is 0 Å². The van der Waals surface area contributed by atoms with E-state index >= 15 is 0 Å². The molecule has 2 aliphatic carbocycles. The second-order valence-corrected chi connectivity index (χ2v) is 6.31. The third kappa shape index (κ3) is 1.33. The van der Waals surface area contributed by atoms with Gasteiger partial charge in [0.15, 0.2) is 5.60 Å². The van der Waals surface area contributed by atoms with Gasteiger partial charge in [0.25, 0.3) is 0 Å². The van der Waals surface area contributed by atoms with Crippen molar-refractivity contribution >= 4 is 5.97 Å². The summed E-state index contributed by atoms with van der Waals surface area (Å²) in [5.74, 6) is 0.0819. The zero-order chi connectivity index (χ0) is 13.4. The second kappa shape index (κ2) is 3.49. The molecule has 0 amide bonds. The SMILES string of the molecule is C=C1[C@@H]2[C@H]3OC(=O)[C@]4(CO4)[C@@H]3CCC(=C)[C@@H]2C[C@H]1O. The minimum Gasteiger partial charge on any atom is -0.459 e. The monoisotopic (exact) mass is 262 g/mol. The summed E-state index contributed by atoms with van der Waals surface area (Å²) in [6, 6.07) is 0. The molecule has 1 spiro atoms. The predicted molar refractivity (Wildman–Crippen MR) is 67.2 cm³/mol. The third-order valence-corrected chi connectivity index (χ3v) is 5.46. The summed E-state index contributed by atoms with van der Waals surface area (Å²) >= 11 is 0. The van der Waals surface area contributed by atoms with Crippen LogP contribution in [0.3, 0.4) is 0 Å². The van der Waals surface area contributed by atoms with Crippen molar-refractivity contribution in [1.82, 2.24) is 0 Å². The fraction of sp³-hybridized carbons (Fsp3) is 0.667. The highest BCUT2D eigenvalue weighted by atomic mass is 16.7. The molecule has 0 bridgehead atoms. The Hall–Kier alpha value is -1.13. The summed E-state index contributed by atoms with van der Waals surface area (Å²) in [4.78, 5) is 12.0. The number of aliphatic hydroxyl groups excluding tert-OH is 1. The van der Waals surface area contributed by atoms with Crippen LogP contribution >= 0.6 is 0 Å². The van der Waals surface area contributed by atoms with Gasteiger partial charge in [-0.25, -0.2) is 4.79 Å². The minimum absolute atomic E-state index is 0.0162. The Balaban J connectivity index is 1.76. The van der Waals surface area contributed by atoms with Crippen LogP contribution in [0.4, 0.5) is 0 Å². The van der Waals surface area contributed by atoms with Gasteiger partial charge in [-0.2, -0.15) is 0 Å². The van der Waals surface area contributed by atoms with E-state index in [1.54, 1.807) is 0 Å². The van der Waals surface area contributed by atoms with E-state index in [0.717, 1.165) is 24.0 Å². The molecule has 0 aromatic heterocycles. The second-order valence-electron chi connectivity index (χ2n) is 6.31. The molecule has 4 heteroatoms. The Morgan fingerprint density at radius 3 is 2.79 bits per heavy atom. The smallest absolute Gasteiger partial charge is 0.341 e. The lowest BCUT2D eigenvalue weighted by Gasteiger charge is -2.26. The van der Waals surface area contributed by atoms with Gasteiger partial charge in [0.2, 0.25) is 0 Å². The van der Waals surface area contributed by atoms with Crippen molar-refractivity contribution in [3.05, 3.63) is 24.3 Å². The van der Waals surface area contributed by atoms with Gasteiger partial charge in [0.05, 0.1) is 12.7 Å². The quantitative estimate of drug-likeness (QED) is 0.405. The van der Waals surface area contributed by atoms with Crippen molar-refractivity contribution in [2.45, 2.75) is 37.1 Å². The summed E-state index contributed by atoms with van der Waals surface area (Å²) in [5, 5.41) is 10.1. The molecule has 0 radical (unpaired) electrons. The maximum atomic E-state index is 12.0.